The van der Waals surface area contributed by atoms with E-state index in [2.05, 4.69) is 0 Å². The molecule has 1 aromatic rings. The number of aliphatic carboxylic acids is 1. The maximum atomic E-state index is 10.2. The van der Waals surface area contributed by atoms with Crippen LogP contribution >= 0.6 is 11.6 Å². The zero-order valence-corrected chi connectivity index (χ0v) is 12.3. The van der Waals surface area contributed by atoms with Crippen molar-refractivity contribution in [3.63, 3.8) is 0 Å². The Balaban J connectivity index is 0.00000225. The zero-order valence-electron chi connectivity index (χ0n) is 9.50. The predicted octanol–water partition coefficient (Wildman–Crippen LogP) is -0.104. The molecule has 0 spiro atoms. The standard InChI is InChI=1S/C11H13ClO3.Na/c1-8-7-9(12)4-5-10(8)15-6-2-3-11(13)14;/h4-5,7H,2-3,6H2,1H3,(H,13,14);/q;+1. The van der Waals surface area contributed by atoms with Gasteiger partial charge in [-0.15, -0.1) is 0 Å². The Morgan fingerprint density at radius 2 is 2.19 bits per heavy atom. The topological polar surface area (TPSA) is 46.5 Å². The average Bonchev–Trinajstić information content (AvgIpc) is 2.14. The SMILES string of the molecule is Cc1cc(Cl)ccc1OCCCC(=O)O.[Na+]. The summed E-state index contributed by atoms with van der Waals surface area (Å²) in [6.45, 7) is 2.31. The van der Waals surface area contributed by atoms with Crippen molar-refractivity contribution >= 4 is 17.6 Å². The molecule has 0 unspecified atom stereocenters. The molecule has 0 aliphatic heterocycles. The minimum absolute atomic E-state index is 0. The van der Waals surface area contributed by atoms with Crippen LogP contribution in [-0.4, -0.2) is 17.7 Å². The number of carbonyl (C=O) groups is 1. The first-order chi connectivity index (χ1) is 7.09. The van der Waals surface area contributed by atoms with Gasteiger partial charge in [0.25, 0.3) is 0 Å². The first-order valence-electron chi connectivity index (χ1n) is 4.70. The van der Waals surface area contributed by atoms with Crippen LogP contribution in [0.5, 0.6) is 5.75 Å². The van der Waals surface area contributed by atoms with Crippen molar-refractivity contribution in [3.05, 3.63) is 28.8 Å². The van der Waals surface area contributed by atoms with E-state index in [0.717, 1.165) is 11.3 Å². The molecule has 0 radical (unpaired) electrons. The van der Waals surface area contributed by atoms with E-state index in [-0.39, 0.29) is 36.0 Å². The summed E-state index contributed by atoms with van der Waals surface area (Å²) in [6, 6.07) is 5.35. The van der Waals surface area contributed by atoms with E-state index in [1.54, 1.807) is 12.1 Å². The van der Waals surface area contributed by atoms with E-state index in [1.165, 1.54) is 0 Å². The van der Waals surface area contributed by atoms with E-state index in [0.29, 0.717) is 18.1 Å². The van der Waals surface area contributed by atoms with Crippen LogP contribution in [0.3, 0.4) is 0 Å². The normalized spacial score (nSPS) is 9.38. The van der Waals surface area contributed by atoms with E-state index >= 15 is 0 Å². The van der Waals surface area contributed by atoms with Gasteiger partial charge in [0.2, 0.25) is 0 Å². The molecular formula is C11H13ClNaO3+. The molecule has 3 nitrogen and oxygen atoms in total. The number of halogens is 1. The fraction of sp³-hybridized carbons (Fsp3) is 0.364. The third-order valence-corrected chi connectivity index (χ3v) is 2.16. The molecule has 1 aromatic carbocycles. The van der Waals surface area contributed by atoms with Crippen LogP contribution < -0.4 is 34.3 Å². The number of carboxylic acids is 1. The molecule has 0 saturated heterocycles. The molecule has 1 N–H and O–H groups in total. The number of rotatable bonds is 5. The summed E-state index contributed by atoms with van der Waals surface area (Å²) in [5, 5.41) is 9.10. The summed E-state index contributed by atoms with van der Waals surface area (Å²) < 4.78 is 5.42. The van der Waals surface area contributed by atoms with E-state index in [9.17, 15) is 4.79 Å². The summed E-state index contributed by atoms with van der Waals surface area (Å²) in [6.07, 6.45) is 0.643. The van der Waals surface area contributed by atoms with Crippen LogP contribution in [0.1, 0.15) is 18.4 Å². The van der Waals surface area contributed by atoms with Gasteiger partial charge in [-0.3, -0.25) is 4.79 Å². The Labute approximate surface area is 122 Å². The van der Waals surface area contributed by atoms with E-state index in [4.69, 9.17) is 21.4 Å². The van der Waals surface area contributed by atoms with Crippen LogP contribution in [0.2, 0.25) is 5.02 Å². The summed E-state index contributed by atoms with van der Waals surface area (Å²) in [4.78, 5) is 10.2. The van der Waals surface area contributed by atoms with Crippen LogP contribution in [0, 0.1) is 6.92 Å². The maximum absolute atomic E-state index is 10.2. The molecule has 0 atom stereocenters. The number of aryl methyl sites for hydroxylation is 1. The van der Waals surface area contributed by atoms with Crippen molar-refractivity contribution in [2.45, 2.75) is 19.8 Å². The zero-order chi connectivity index (χ0) is 11.3. The minimum Gasteiger partial charge on any atom is -0.493 e. The van der Waals surface area contributed by atoms with Crippen molar-refractivity contribution < 1.29 is 44.2 Å². The first-order valence-corrected chi connectivity index (χ1v) is 5.08. The fourth-order valence-electron chi connectivity index (χ4n) is 1.18. The fourth-order valence-corrected chi connectivity index (χ4v) is 1.41. The van der Waals surface area contributed by atoms with Crippen molar-refractivity contribution in [3.8, 4) is 5.75 Å². The van der Waals surface area contributed by atoms with Gasteiger partial charge in [-0.05, 0) is 37.1 Å². The first kappa shape index (κ1) is 15.8. The van der Waals surface area contributed by atoms with Crippen molar-refractivity contribution in [2.75, 3.05) is 6.61 Å². The van der Waals surface area contributed by atoms with Crippen LogP contribution in [0.25, 0.3) is 0 Å². The molecule has 1 rings (SSSR count). The molecule has 82 valence electrons. The van der Waals surface area contributed by atoms with Gasteiger partial charge in [0.05, 0.1) is 6.61 Å². The van der Waals surface area contributed by atoms with Gasteiger partial charge in [0.15, 0.2) is 0 Å². The smallest absolute Gasteiger partial charge is 0.493 e. The second kappa shape index (κ2) is 7.96. The Hall–Kier alpha value is -0.220. The molecule has 0 heterocycles. The molecule has 0 bridgehead atoms. The van der Waals surface area contributed by atoms with Gasteiger partial charge in [0.1, 0.15) is 5.75 Å². The Bertz CT molecular complexity index is 355. The molecular weight excluding hydrogens is 239 g/mol. The van der Waals surface area contributed by atoms with Gasteiger partial charge >= 0.3 is 35.5 Å². The Morgan fingerprint density at radius 1 is 1.50 bits per heavy atom. The van der Waals surface area contributed by atoms with Gasteiger partial charge in [0, 0.05) is 11.4 Å². The van der Waals surface area contributed by atoms with Gasteiger partial charge in [-0.25, -0.2) is 0 Å². The molecule has 0 aromatic heterocycles. The third kappa shape index (κ3) is 5.75. The third-order valence-electron chi connectivity index (χ3n) is 1.93. The van der Waals surface area contributed by atoms with Crippen molar-refractivity contribution in [1.29, 1.82) is 0 Å². The quantitative estimate of drug-likeness (QED) is 0.587. The Morgan fingerprint density at radius 3 is 2.75 bits per heavy atom. The molecule has 0 fully saturated rings. The van der Waals surface area contributed by atoms with Gasteiger partial charge < -0.3 is 9.84 Å². The van der Waals surface area contributed by atoms with Crippen LogP contribution in [-0.2, 0) is 4.79 Å². The average molecular weight is 252 g/mol. The minimum atomic E-state index is -0.800. The number of carboxylic acid groups (broad SMARTS) is 1. The van der Waals surface area contributed by atoms with Gasteiger partial charge in [-0.2, -0.15) is 0 Å². The molecule has 16 heavy (non-hydrogen) atoms. The van der Waals surface area contributed by atoms with Gasteiger partial charge in [-0.1, -0.05) is 11.6 Å². The monoisotopic (exact) mass is 251 g/mol. The molecule has 0 aliphatic rings. The number of hydrogen-bond acceptors (Lipinski definition) is 2. The number of ether oxygens (including phenoxy) is 1. The second-order valence-electron chi connectivity index (χ2n) is 3.26. The summed E-state index contributed by atoms with van der Waals surface area (Å²) in [5.41, 5.74) is 0.956. The van der Waals surface area contributed by atoms with E-state index in [1.807, 2.05) is 13.0 Å². The Kier molecular flexibility index (Phi) is 7.85. The summed E-state index contributed by atoms with van der Waals surface area (Å²) in [5.74, 6) is -0.0452. The van der Waals surface area contributed by atoms with E-state index < -0.39 is 5.97 Å². The maximum Gasteiger partial charge on any atom is 1.00 e. The van der Waals surface area contributed by atoms with Crippen molar-refractivity contribution in [1.82, 2.24) is 0 Å². The second-order valence-corrected chi connectivity index (χ2v) is 3.69. The van der Waals surface area contributed by atoms with Crippen LogP contribution in [0.15, 0.2) is 18.2 Å². The summed E-state index contributed by atoms with van der Waals surface area (Å²) >= 11 is 5.79. The molecule has 0 amide bonds. The molecule has 0 aliphatic carbocycles. The predicted molar refractivity (Wildman–Crippen MR) is 58.6 cm³/mol. The molecule has 0 saturated carbocycles. The van der Waals surface area contributed by atoms with Crippen molar-refractivity contribution in [2.24, 2.45) is 0 Å². The number of hydrogen-bond donors (Lipinski definition) is 1. The number of benzene rings is 1. The molecule has 5 heteroatoms. The largest absolute Gasteiger partial charge is 1.00 e. The summed E-state index contributed by atoms with van der Waals surface area (Å²) in [7, 11) is 0. The van der Waals surface area contributed by atoms with Crippen LogP contribution in [0.4, 0.5) is 0 Å².